The van der Waals surface area contributed by atoms with Crippen molar-refractivity contribution in [2.75, 3.05) is 0 Å². The van der Waals surface area contributed by atoms with Crippen molar-refractivity contribution in [3.8, 4) is 16.9 Å². The Balaban J connectivity index is 2.33. The molecule has 3 nitrogen and oxygen atoms in total. The van der Waals surface area contributed by atoms with Crippen molar-refractivity contribution in [2.45, 2.75) is 26.1 Å². The molecule has 0 N–H and O–H groups in total. The van der Waals surface area contributed by atoms with Gasteiger partial charge in [-0.3, -0.25) is 9.78 Å². The van der Waals surface area contributed by atoms with Gasteiger partial charge < -0.3 is 4.74 Å². The molecule has 146 valence electrons. The highest BCUT2D eigenvalue weighted by atomic mass is 19.4. The van der Waals surface area contributed by atoms with E-state index in [2.05, 4.69) is 11.6 Å². The van der Waals surface area contributed by atoms with Crippen molar-refractivity contribution >= 4 is 6.29 Å². The van der Waals surface area contributed by atoms with E-state index in [1.807, 2.05) is 0 Å². The van der Waals surface area contributed by atoms with Gasteiger partial charge in [0.25, 0.3) is 0 Å². The summed E-state index contributed by atoms with van der Waals surface area (Å²) in [5, 5.41) is 0. The fourth-order valence-corrected chi connectivity index (χ4v) is 2.68. The molecule has 2 rings (SSSR count). The van der Waals surface area contributed by atoms with Gasteiger partial charge in [-0.1, -0.05) is 49.1 Å². The number of hydrogen-bond acceptors (Lipinski definition) is 3. The number of aromatic nitrogens is 1. The number of ether oxygens (including phenoxy) is 1. The molecule has 1 heterocycles. The van der Waals surface area contributed by atoms with Crippen molar-refractivity contribution in [3.63, 3.8) is 0 Å². The van der Waals surface area contributed by atoms with E-state index in [0.29, 0.717) is 11.3 Å². The van der Waals surface area contributed by atoms with E-state index in [4.69, 9.17) is 4.74 Å². The molecule has 0 aliphatic rings. The monoisotopic (exact) mass is 387 g/mol. The van der Waals surface area contributed by atoms with Crippen LogP contribution in [0.3, 0.4) is 0 Å². The van der Waals surface area contributed by atoms with E-state index in [9.17, 15) is 18.0 Å². The van der Waals surface area contributed by atoms with Crippen LogP contribution in [0.1, 0.15) is 24.2 Å². The van der Waals surface area contributed by atoms with Crippen LogP contribution in [0.25, 0.3) is 11.1 Å². The van der Waals surface area contributed by atoms with Crippen molar-refractivity contribution in [1.29, 1.82) is 0 Å². The largest absolute Gasteiger partial charge is 0.484 e. The van der Waals surface area contributed by atoms with Gasteiger partial charge in [-0.05, 0) is 25.5 Å². The molecule has 1 unspecified atom stereocenters. The van der Waals surface area contributed by atoms with Crippen LogP contribution in [0.2, 0.25) is 0 Å². The van der Waals surface area contributed by atoms with Crippen LogP contribution in [0.15, 0.2) is 78.7 Å². The number of aldehydes is 1. The van der Waals surface area contributed by atoms with Gasteiger partial charge in [0.2, 0.25) is 0 Å². The van der Waals surface area contributed by atoms with Gasteiger partial charge >= 0.3 is 6.18 Å². The average Bonchev–Trinajstić information content (AvgIpc) is 2.67. The average molecular weight is 387 g/mol. The number of nitrogens with zero attached hydrogens (tertiary/aromatic N) is 1. The predicted molar refractivity (Wildman–Crippen MR) is 103 cm³/mol. The van der Waals surface area contributed by atoms with Crippen LogP contribution in [0.4, 0.5) is 13.2 Å². The molecule has 6 heteroatoms. The van der Waals surface area contributed by atoms with Crippen LogP contribution in [-0.2, 0) is 0 Å². The Morgan fingerprint density at radius 2 is 1.86 bits per heavy atom. The Labute approximate surface area is 161 Å². The minimum absolute atomic E-state index is 0.0636. The van der Waals surface area contributed by atoms with E-state index in [1.165, 1.54) is 26.1 Å². The zero-order chi connectivity index (χ0) is 20.7. The Kier molecular flexibility index (Phi) is 6.93. The highest BCUT2D eigenvalue weighted by molar-refractivity contribution is 5.76. The first-order valence-corrected chi connectivity index (χ1v) is 8.54. The lowest BCUT2D eigenvalue weighted by Gasteiger charge is -2.20. The summed E-state index contributed by atoms with van der Waals surface area (Å²) in [5.74, 6) is 0.325. The topological polar surface area (TPSA) is 39.2 Å². The first-order chi connectivity index (χ1) is 13.3. The lowest BCUT2D eigenvalue weighted by Crippen LogP contribution is -2.21. The first-order valence-electron chi connectivity index (χ1n) is 8.54. The van der Waals surface area contributed by atoms with E-state index in [-0.39, 0.29) is 5.57 Å². The molecule has 0 aliphatic carbocycles. The summed E-state index contributed by atoms with van der Waals surface area (Å²) in [4.78, 5) is 14.9. The second-order valence-electron chi connectivity index (χ2n) is 5.98. The number of carbonyl (C=O) groups is 1. The fraction of sp³-hybridized carbons (Fsp3) is 0.182. The normalized spacial score (nSPS) is 13.8. The molecule has 0 aliphatic heterocycles. The molecule has 1 atom stereocenters. The molecule has 0 saturated heterocycles. The maximum Gasteiger partial charge on any atom is 0.416 e. The van der Waals surface area contributed by atoms with Gasteiger partial charge in [-0.15, -0.1) is 0 Å². The predicted octanol–water partition coefficient (Wildman–Crippen LogP) is 5.95. The molecular weight excluding hydrogens is 367 g/mol. The smallest absolute Gasteiger partial charge is 0.416 e. The molecule has 28 heavy (non-hydrogen) atoms. The highest BCUT2D eigenvalue weighted by Crippen LogP contribution is 2.32. The van der Waals surface area contributed by atoms with Crippen molar-refractivity contribution in [2.24, 2.45) is 0 Å². The zero-order valence-electron chi connectivity index (χ0n) is 15.5. The van der Waals surface area contributed by atoms with Gasteiger partial charge in [-0.2, -0.15) is 13.2 Å². The third-order valence-electron chi connectivity index (χ3n) is 4.01. The standard InChI is InChI=1S/C22H20F3NO2/c1-4-6-21(22(23,24)25)20(5-2)15(3)28-19-11-18(12-26-13-19)17-9-7-16(14-27)8-10-17/h4-15H,2H2,1,3H3/b6-4-,21-20-. The summed E-state index contributed by atoms with van der Waals surface area (Å²) in [6.45, 7) is 6.55. The molecular formula is C22H20F3NO2. The summed E-state index contributed by atoms with van der Waals surface area (Å²) in [6.07, 6.45) is 1.86. The number of benzene rings is 1. The number of allylic oxidation sites excluding steroid dienone is 3. The first kappa shape index (κ1) is 21.2. The Morgan fingerprint density at radius 3 is 2.39 bits per heavy atom. The summed E-state index contributed by atoms with van der Waals surface area (Å²) in [5.41, 5.74) is 1.20. The molecule has 0 amide bonds. The van der Waals surface area contributed by atoms with Gasteiger partial charge in [0.15, 0.2) is 0 Å². The second-order valence-corrected chi connectivity index (χ2v) is 5.98. The summed E-state index contributed by atoms with van der Waals surface area (Å²) >= 11 is 0. The Morgan fingerprint density at radius 1 is 1.18 bits per heavy atom. The summed E-state index contributed by atoms with van der Waals surface area (Å²) < 4.78 is 45.7. The molecule has 1 aromatic heterocycles. The number of pyridine rings is 1. The summed E-state index contributed by atoms with van der Waals surface area (Å²) in [6, 6.07) is 8.55. The number of carbonyl (C=O) groups excluding carboxylic acids is 1. The number of halogens is 3. The van der Waals surface area contributed by atoms with E-state index < -0.39 is 17.9 Å². The van der Waals surface area contributed by atoms with Crippen LogP contribution >= 0.6 is 0 Å². The summed E-state index contributed by atoms with van der Waals surface area (Å²) in [7, 11) is 0. The highest BCUT2D eigenvalue weighted by Gasteiger charge is 2.35. The fourth-order valence-electron chi connectivity index (χ4n) is 2.68. The lowest BCUT2D eigenvalue weighted by molar-refractivity contribution is -0.0894. The molecule has 0 fully saturated rings. The van der Waals surface area contributed by atoms with Crippen molar-refractivity contribution < 1.29 is 22.7 Å². The van der Waals surface area contributed by atoms with Crippen LogP contribution in [0.5, 0.6) is 5.75 Å². The van der Waals surface area contributed by atoms with Crippen LogP contribution in [-0.4, -0.2) is 23.6 Å². The van der Waals surface area contributed by atoms with Crippen LogP contribution in [0, 0.1) is 0 Å². The van der Waals surface area contributed by atoms with Crippen LogP contribution < -0.4 is 4.74 Å². The number of rotatable bonds is 7. The third kappa shape index (κ3) is 5.19. The molecule has 0 radical (unpaired) electrons. The van der Waals surface area contributed by atoms with Crippen molar-refractivity contribution in [3.05, 3.63) is 84.2 Å². The number of alkyl halides is 3. The zero-order valence-corrected chi connectivity index (χ0v) is 15.5. The third-order valence-corrected chi connectivity index (χ3v) is 4.01. The van der Waals surface area contributed by atoms with Gasteiger partial charge in [0.1, 0.15) is 18.1 Å². The minimum Gasteiger partial charge on any atom is -0.484 e. The quantitative estimate of drug-likeness (QED) is 0.435. The van der Waals surface area contributed by atoms with E-state index >= 15 is 0 Å². The van der Waals surface area contributed by atoms with Gasteiger partial charge in [0, 0.05) is 22.9 Å². The minimum atomic E-state index is -4.52. The molecule has 0 spiro atoms. The van der Waals surface area contributed by atoms with Gasteiger partial charge in [-0.25, -0.2) is 0 Å². The van der Waals surface area contributed by atoms with Gasteiger partial charge in [0.05, 0.1) is 11.8 Å². The van der Waals surface area contributed by atoms with E-state index in [1.54, 1.807) is 36.5 Å². The molecule has 0 saturated carbocycles. The Bertz CT molecular complexity index is 897. The molecule has 1 aromatic carbocycles. The SMILES string of the molecule is C=C/C(=C(\C=C/C)C(F)(F)F)C(C)Oc1cncc(-c2ccc(C=O)cc2)c1. The van der Waals surface area contributed by atoms with Crippen molar-refractivity contribution in [1.82, 2.24) is 4.98 Å². The maximum atomic E-state index is 13.3. The maximum absolute atomic E-state index is 13.3. The second kappa shape index (κ2) is 9.17. The lowest BCUT2D eigenvalue weighted by atomic mass is 10.0. The van der Waals surface area contributed by atoms with E-state index in [0.717, 1.165) is 29.6 Å². The number of hydrogen-bond donors (Lipinski definition) is 0. The molecule has 0 bridgehead atoms. The Hall–Kier alpha value is -3.15. The molecule has 2 aromatic rings.